The van der Waals surface area contributed by atoms with Gasteiger partial charge >= 0.3 is 0 Å². The highest BCUT2D eigenvalue weighted by Gasteiger charge is 2.36. The van der Waals surface area contributed by atoms with Gasteiger partial charge in [-0.05, 0) is 143 Å². The van der Waals surface area contributed by atoms with Crippen LogP contribution in [-0.4, -0.2) is 4.98 Å². The second-order valence-corrected chi connectivity index (χ2v) is 16.2. The topological polar surface area (TPSA) is 16.1 Å². The number of aromatic nitrogens is 1. The molecule has 0 aliphatic heterocycles. The molecule has 1 aromatic heterocycles. The van der Waals surface area contributed by atoms with Crippen molar-refractivity contribution in [1.29, 1.82) is 0 Å². The Hall–Kier alpha value is -7.03. The van der Waals surface area contributed by atoms with E-state index < -0.39 is 0 Å². The summed E-state index contributed by atoms with van der Waals surface area (Å²) < 4.78 is 0. The Morgan fingerprint density at radius 3 is 1.90 bits per heavy atom. The van der Waals surface area contributed by atoms with Crippen LogP contribution < -0.4 is 4.90 Å². The number of fused-ring (bicyclic) bond motifs is 9. The fourth-order valence-corrected chi connectivity index (χ4v) is 9.84. The van der Waals surface area contributed by atoms with E-state index in [0.717, 1.165) is 29.9 Å². The van der Waals surface area contributed by atoms with Gasteiger partial charge in [-0.2, -0.15) is 0 Å². The zero-order chi connectivity index (χ0) is 38.8. The lowest BCUT2D eigenvalue weighted by atomic mass is 9.80. The van der Waals surface area contributed by atoms with Crippen molar-refractivity contribution in [2.24, 2.45) is 0 Å². The summed E-state index contributed by atoms with van der Waals surface area (Å²) in [7, 11) is 0. The van der Waals surface area contributed by atoms with Crippen LogP contribution in [0.15, 0.2) is 194 Å². The number of rotatable bonds is 6. The van der Waals surface area contributed by atoms with E-state index in [2.05, 4.69) is 206 Å². The molecule has 58 heavy (non-hydrogen) atoms. The predicted octanol–water partition coefficient (Wildman–Crippen LogP) is 15.4. The molecule has 1 heterocycles. The Morgan fingerprint density at radius 2 is 1.12 bits per heavy atom. The van der Waals surface area contributed by atoms with Crippen LogP contribution in [0, 0.1) is 0 Å². The lowest BCUT2D eigenvalue weighted by molar-refractivity contribution is 0.660. The van der Waals surface area contributed by atoms with Gasteiger partial charge in [-0.1, -0.05) is 153 Å². The van der Waals surface area contributed by atoms with Crippen LogP contribution in [-0.2, 0) is 5.41 Å². The van der Waals surface area contributed by atoms with Crippen molar-refractivity contribution in [3.05, 3.63) is 211 Å². The molecule has 9 aromatic rings. The minimum absolute atomic E-state index is 0.116. The van der Waals surface area contributed by atoms with E-state index in [1.807, 2.05) is 12.4 Å². The normalized spacial score (nSPS) is 14.1. The Bertz CT molecular complexity index is 3120. The van der Waals surface area contributed by atoms with Crippen LogP contribution in [0.3, 0.4) is 0 Å². The zero-order valence-electron chi connectivity index (χ0n) is 32.8. The molecule has 2 aliphatic carbocycles. The first-order valence-electron chi connectivity index (χ1n) is 20.4. The summed E-state index contributed by atoms with van der Waals surface area (Å²) in [5, 5.41) is 7.55. The van der Waals surface area contributed by atoms with Crippen LogP contribution in [0.4, 0.5) is 17.1 Å². The van der Waals surface area contributed by atoms with Gasteiger partial charge in [0.05, 0.1) is 0 Å². The summed E-state index contributed by atoms with van der Waals surface area (Å²) in [5.41, 5.74) is 16.1. The fraction of sp³-hybridized carbons (Fsp3) is 0.0893. The van der Waals surface area contributed by atoms with Crippen LogP contribution in [0.2, 0.25) is 0 Å². The maximum Gasteiger partial charge on any atom is 0.0492 e. The molecule has 276 valence electrons. The summed E-state index contributed by atoms with van der Waals surface area (Å²) in [6.07, 6.45) is 13.0. The van der Waals surface area contributed by atoms with E-state index in [0.29, 0.717) is 0 Å². The number of benzene rings is 8. The number of allylic oxidation sites excluding steroid dienone is 4. The molecule has 2 heteroatoms. The van der Waals surface area contributed by atoms with Crippen molar-refractivity contribution in [2.75, 3.05) is 4.90 Å². The lowest BCUT2D eigenvalue weighted by Gasteiger charge is -2.28. The highest BCUT2D eigenvalue weighted by atomic mass is 15.1. The first kappa shape index (κ1) is 34.2. The molecule has 0 unspecified atom stereocenters. The summed E-state index contributed by atoms with van der Waals surface area (Å²) >= 11 is 0. The van der Waals surface area contributed by atoms with Gasteiger partial charge in [0.25, 0.3) is 0 Å². The third-order valence-electron chi connectivity index (χ3n) is 12.5. The molecule has 0 amide bonds. The Kier molecular flexibility index (Phi) is 8.01. The molecular weight excluding hydrogens is 701 g/mol. The summed E-state index contributed by atoms with van der Waals surface area (Å²) in [4.78, 5) is 6.83. The monoisotopic (exact) mass is 742 g/mol. The Labute approximate surface area is 340 Å². The summed E-state index contributed by atoms with van der Waals surface area (Å²) in [6, 6.07) is 60.7. The number of nitrogens with zero attached hydrogens (tertiary/aromatic N) is 2. The van der Waals surface area contributed by atoms with E-state index >= 15 is 0 Å². The molecular formula is C56H42N2. The maximum atomic E-state index is 4.43. The van der Waals surface area contributed by atoms with Gasteiger partial charge in [0.1, 0.15) is 0 Å². The second-order valence-electron chi connectivity index (χ2n) is 16.2. The number of anilines is 3. The first-order valence-corrected chi connectivity index (χ1v) is 20.4. The molecule has 0 radical (unpaired) electrons. The van der Waals surface area contributed by atoms with E-state index in [9.17, 15) is 0 Å². The summed E-state index contributed by atoms with van der Waals surface area (Å²) in [6.45, 7) is 4.71. The van der Waals surface area contributed by atoms with Gasteiger partial charge in [0.15, 0.2) is 0 Å². The zero-order valence-corrected chi connectivity index (χ0v) is 32.8. The molecule has 0 saturated carbocycles. The smallest absolute Gasteiger partial charge is 0.0492 e. The van der Waals surface area contributed by atoms with Crippen LogP contribution in [0.25, 0.3) is 71.3 Å². The van der Waals surface area contributed by atoms with Crippen molar-refractivity contribution < 1.29 is 0 Å². The molecule has 0 bridgehead atoms. The van der Waals surface area contributed by atoms with Gasteiger partial charge in [-0.25, -0.2) is 0 Å². The van der Waals surface area contributed by atoms with Crippen molar-refractivity contribution >= 4 is 55.0 Å². The number of hydrogen-bond donors (Lipinski definition) is 0. The first-order chi connectivity index (χ1) is 28.6. The maximum absolute atomic E-state index is 4.43. The second kappa shape index (κ2) is 13.6. The van der Waals surface area contributed by atoms with Gasteiger partial charge in [0.2, 0.25) is 0 Å². The molecule has 0 spiro atoms. The number of pyridine rings is 1. The van der Waals surface area contributed by atoms with Gasteiger partial charge in [-0.3, -0.25) is 4.98 Å². The minimum atomic E-state index is -0.116. The van der Waals surface area contributed by atoms with Crippen LogP contribution in [0.5, 0.6) is 0 Å². The largest absolute Gasteiger partial charge is 0.310 e. The molecule has 8 aromatic carbocycles. The fourth-order valence-electron chi connectivity index (χ4n) is 9.84. The minimum Gasteiger partial charge on any atom is -0.310 e. The molecule has 11 rings (SSSR count). The lowest BCUT2D eigenvalue weighted by Crippen LogP contribution is -2.16. The Balaban J connectivity index is 1.23. The van der Waals surface area contributed by atoms with Gasteiger partial charge < -0.3 is 4.90 Å². The van der Waals surface area contributed by atoms with E-state index in [1.54, 1.807) is 0 Å². The average molecular weight is 743 g/mol. The van der Waals surface area contributed by atoms with Crippen LogP contribution in [0.1, 0.15) is 43.4 Å². The van der Waals surface area contributed by atoms with Crippen molar-refractivity contribution in [3.63, 3.8) is 0 Å². The predicted molar refractivity (Wildman–Crippen MR) is 246 cm³/mol. The van der Waals surface area contributed by atoms with E-state index in [1.165, 1.54) is 88.0 Å². The third-order valence-corrected chi connectivity index (χ3v) is 12.5. The Morgan fingerprint density at radius 1 is 0.466 bits per heavy atom. The molecule has 2 aliphatic rings. The number of hydrogen-bond acceptors (Lipinski definition) is 2. The van der Waals surface area contributed by atoms with Gasteiger partial charge in [0, 0.05) is 34.9 Å². The molecule has 0 atom stereocenters. The molecule has 0 saturated heterocycles. The molecule has 0 N–H and O–H groups in total. The highest BCUT2D eigenvalue weighted by Crippen LogP contribution is 2.52. The van der Waals surface area contributed by atoms with E-state index in [4.69, 9.17) is 0 Å². The average Bonchev–Trinajstić information content (AvgIpc) is 3.52. The van der Waals surface area contributed by atoms with Crippen molar-refractivity contribution in [3.8, 4) is 33.4 Å². The molecule has 2 nitrogen and oxygen atoms in total. The van der Waals surface area contributed by atoms with Crippen LogP contribution >= 0.6 is 0 Å². The standard InChI is InChI=1S/C56H42N2/c1-56(2)51-25-15-14-23-44(51)45-28-26-42(35-52(45)56)58(40-30-32-57-33-31-40)41-27-29-47-50(34-41)43-22-12-13-24-46(43)54-49(38-18-8-4-9-19-38)36-48(37-16-6-3-7-17-37)53(55(47)54)39-20-10-5-11-21-39/h4-6,8-36H,3,7H2,1-2H3. The molecule has 0 fully saturated rings. The highest BCUT2D eigenvalue weighted by molar-refractivity contribution is 6.33. The summed E-state index contributed by atoms with van der Waals surface area (Å²) in [5.74, 6) is 0. The SMILES string of the molecule is CC1(C)c2ccccc2-c2ccc(N(c3ccncc3)c3ccc4c(c3)c3ccccc3c3c(-c5ccccc5)cc(C5=CCCC=C5)c(-c5ccccc5)c43)cc21. The quantitative estimate of drug-likeness (QED) is 0.158. The van der Waals surface area contributed by atoms with Crippen molar-refractivity contribution in [1.82, 2.24) is 4.98 Å². The third kappa shape index (κ3) is 5.36. The van der Waals surface area contributed by atoms with E-state index in [-0.39, 0.29) is 5.41 Å². The van der Waals surface area contributed by atoms with Gasteiger partial charge in [-0.15, -0.1) is 0 Å². The van der Waals surface area contributed by atoms with Crippen molar-refractivity contribution in [2.45, 2.75) is 32.1 Å².